The summed E-state index contributed by atoms with van der Waals surface area (Å²) in [7, 11) is 1.70. The van der Waals surface area contributed by atoms with Crippen molar-refractivity contribution in [2.24, 2.45) is 0 Å². The molecule has 0 aliphatic carbocycles. The Bertz CT molecular complexity index is 314. The summed E-state index contributed by atoms with van der Waals surface area (Å²) in [6.45, 7) is 7.53. The zero-order valence-electron chi connectivity index (χ0n) is 11.7. The third-order valence-corrected chi connectivity index (χ3v) is 3.66. The Morgan fingerprint density at radius 3 is 2.78 bits per heavy atom. The molecule has 1 heterocycles. The van der Waals surface area contributed by atoms with Crippen molar-refractivity contribution in [3.8, 4) is 0 Å². The lowest BCUT2D eigenvalue weighted by atomic mass is 10.1. The molecule has 0 aliphatic rings. The number of methoxy groups -OCH3 is 1. The summed E-state index contributed by atoms with van der Waals surface area (Å²) < 4.78 is 10.5. The number of nitrogens with one attached hydrogen (secondary N) is 1. The van der Waals surface area contributed by atoms with Crippen LogP contribution in [0.25, 0.3) is 0 Å². The van der Waals surface area contributed by atoms with Gasteiger partial charge in [-0.15, -0.1) is 11.3 Å². The van der Waals surface area contributed by atoms with E-state index in [0.29, 0.717) is 19.3 Å². The quantitative estimate of drug-likeness (QED) is 0.663. The molecule has 0 saturated heterocycles. The fraction of sp³-hybridized carbons (Fsp3) is 0.714. The van der Waals surface area contributed by atoms with E-state index in [9.17, 15) is 0 Å². The van der Waals surface area contributed by atoms with E-state index in [0.717, 1.165) is 26.0 Å². The van der Waals surface area contributed by atoms with Crippen LogP contribution < -0.4 is 5.32 Å². The first-order chi connectivity index (χ1) is 8.77. The van der Waals surface area contributed by atoms with Crippen LogP contribution in [0, 0.1) is 6.92 Å². The van der Waals surface area contributed by atoms with Crippen molar-refractivity contribution in [3.05, 3.63) is 21.9 Å². The minimum atomic E-state index is 0.414. The first-order valence-corrected chi connectivity index (χ1v) is 7.51. The summed E-state index contributed by atoms with van der Waals surface area (Å²) in [4.78, 5) is 1.37. The molecule has 0 fully saturated rings. The van der Waals surface area contributed by atoms with E-state index in [4.69, 9.17) is 9.47 Å². The summed E-state index contributed by atoms with van der Waals surface area (Å²) in [5, 5.41) is 5.83. The zero-order chi connectivity index (χ0) is 13.2. The van der Waals surface area contributed by atoms with Gasteiger partial charge in [-0.2, -0.15) is 0 Å². The van der Waals surface area contributed by atoms with Gasteiger partial charge in [0, 0.05) is 24.6 Å². The highest BCUT2D eigenvalue weighted by Crippen LogP contribution is 2.22. The first kappa shape index (κ1) is 15.6. The van der Waals surface area contributed by atoms with Gasteiger partial charge in [-0.1, -0.05) is 6.92 Å². The number of ether oxygens (including phenoxy) is 2. The molecule has 1 aromatic heterocycles. The van der Waals surface area contributed by atoms with Gasteiger partial charge in [0.15, 0.2) is 0 Å². The van der Waals surface area contributed by atoms with E-state index in [2.05, 4.69) is 30.6 Å². The fourth-order valence-electron chi connectivity index (χ4n) is 1.80. The Balaban J connectivity index is 2.36. The highest BCUT2D eigenvalue weighted by Gasteiger charge is 2.11. The maximum absolute atomic E-state index is 5.55. The Morgan fingerprint density at radius 1 is 1.33 bits per heavy atom. The van der Waals surface area contributed by atoms with Crippen LogP contribution >= 0.6 is 11.3 Å². The van der Waals surface area contributed by atoms with Gasteiger partial charge in [-0.05, 0) is 43.3 Å². The summed E-state index contributed by atoms with van der Waals surface area (Å²) in [5.74, 6) is 0. The molecule has 1 rings (SSSR count). The maximum atomic E-state index is 5.55. The average Bonchev–Trinajstić information content (AvgIpc) is 2.79. The molecule has 18 heavy (non-hydrogen) atoms. The monoisotopic (exact) mass is 271 g/mol. The Morgan fingerprint density at radius 2 is 2.17 bits per heavy atom. The first-order valence-electron chi connectivity index (χ1n) is 6.63. The van der Waals surface area contributed by atoms with E-state index in [1.807, 2.05) is 11.3 Å². The van der Waals surface area contributed by atoms with Crippen molar-refractivity contribution in [3.63, 3.8) is 0 Å². The number of hydrogen-bond donors (Lipinski definition) is 1. The lowest BCUT2D eigenvalue weighted by Crippen LogP contribution is -2.23. The van der Waals surface area contributed by atoms with Crippen molar-refractivity contribution in [2.75, 3.05) is 33.5 Å². The van der Waals surface area contributed by atoms with Gasteiger partial charge in [-0.25, -0.2) is 0 Å². The van der Waals surface area contributed by atoms with Crippen molar-refractivity contribution in [1.82, 2.24) is 5.32 Å². The van der Waals surface area contributed by atoms with Crippen molar-refractivity contribution in [1.29, 1.82) is 0 Å². The van der Waals surface area contributed by atoms with Gasteiger partial charge in [0.05, 0.1) is 13.2 Å². The van der Waals surface area contributed by atoms with Crippen LogP contribution in [0.2, 0.25) is 0 Å². The molecular weight excluding hydrogens is 246 g/mol. The Hall–Kier alpha value is -0.420. The number of thiophene rings is 1. The van der Waals surface area contributed by atoms with Gasteiger partial charge in [0.25, 0.3) is 0 Å². The molecule has 0 bridgehead atoms. The van der Waals surface area contributed by atoms with Crippen LogP contribution in [0.3, 0.4) is 0 Å². The minimum absolute atomic E-state index is 0.414. The standard InChI is InChI=1S/C14H25NO2S/c1-4-6-15-14(5-7-17-9-8-16-3)13-10-12(2)18-11-13/h10-11,14-15H,4-9H2,1-3H3. The summed E-state index contributed by atoms with van der Waals surface area (Å²) in [6, 6.07) is 2.69. The second-order valence-electron chi connectivity index (χ2n) is 4.39. The van der Waals surface area contributed by atoms with Crippen LogP contribution in [0.1, 0.15) is 36.2 Å². The third kappa shape index (κ3) is 5.96. The molecule has 0 aliphatic heterocycles. The predicted octanol–water partition coefficient (Wildman–Crippen LogP) is 3.15. The van der Waals surface area contributed by atoms with Crippen molar-refractivity contribution >= 4 is 11.3 Å². The number of hydrogen-bond acceptors (Lipinski definition) is 4. The summed E-state index contributed by atoms with van der Waals surface area (Å²) in [5.41, 5.74) is 1.39. The Labute approximate surface area is 114 Å². The van der Waals surface area contributed by atoms with Crippen LogP contribution in [0.4, 0.5) is 0 Å². The third-order valence-electron chi connectivity index (χ3n) is 2.78. The largest absolute Gasteiger partial charge is 0.382 e. The number of rotatable bonds is 10. The molecule has 1 atom stereocenters. The van der Waals surface area contributed by atoms with E-state index in [1.165, 1.54) is 10.4 Å². The maximum Gasteiger partial charge on any atom is 0.0700 e. The molecular formula is C14H25NO2S. The van der Waals surface area contributed by atoms with E-state index < -0.39 is 0 Å². The molecule has 4 heteroatoms. The van der Waals surface area contributed by atoms with Gasteiger partial charge >= 0.3 is 0 Å². The van der Waals surface area contributed by atoms with E-state index in [-0.39, 0.29) is 0 Å². The van der Waals surface area contributed by atoms with Gasteiger partial charge in [0.2, 0.25) is 0 Å². The summed E-state index contributed by atoms with van der Waals surface area (Å²) in [6.07, 6.45) is 2.17. The fourth-order valence-corrected chi connectivity index (χ4v) is 2.56. The Kier molecular flexibility index (Phi) is 8.25. The van der Waals surface area contributed by atoms with Crippen LogP contribution in [0.5, 0.6) is 0 Å². The summed E-state index contributed by atoms with van der Waals surface area (Å²) >= 11 is 1.81. The van der Waals surface area contributed by atoms with Gasteiger partial charge in [0.1, 0.15) is 0 Å². The lowest BCUT2D eigenvalue weighted by molar-refractivity contribution is 0.0658. The van der Waals surface area contributed by atoms with Crippen LogP contribution in [0.15, 0.2) is 11.4 Å². The smallest absolute Gasteiger partial charge is 0.0700 e. The molecule has 3 nitrogen and oxygen atoms in total. The SMILES string of the molecule is CCCNC(CCOCCOC)c1csc(C)c1. The van der Waals surface area contributed by atoms with E-state index >= 15 is 0 Å². The molecule has 0 saturated carbocycles. The highest BCUT2D eigenvalue weighted by atomic mass is 32.1. The van der Waals surface area contributed by atoms with E-state index in [1.54, 1.807) is 7.11 Å². The second-order valence-corrected chi connectivity index (χ2v) is 5.51. The minimum Gasteiger partial charge on any atom is -0.382 e. The molecule has 1 unspecified atom stereocenters. The average molecular weight is 271 g/mol. The predicted molar refractivity (Wildman–Crippen MR) is 77.4 cm³/mol. The normalized spacial score (nSPS) is 12.8. The van der Waals surface area contributed by atoms with Gasteiger partial charge in [-0.3, -0.25) is 0 Å². The van der Waals surface area contributed by atoms with Gasteiger partial charge < -0.3 is 14.8 Å². The molecule has 1 aromatic rings. The molecule has 0 aromatic carbocycles. The topological polar surface area (TPSA) is 30.5 Å². The van der Waals surface area contributed by atoms with Crippen LogP contribution in [-0.2, 0) is 9.47 Å². The molecule has 0 radical (unpaired) electrons. The highest BCUT2D eigenvalue weighted by molar-refractivity contribution is 7.10. The lowest BCUT2D eigenvalue weighted by Gasteiger charge is -2.17. The molecule has 0 spiro atoms. The van der Waals surface area contributed by atoms with Crippen molar-refractivity contribution in [2.45, 2.75) is 32.7 Å². The second kappa shape index (κ2) is 9.50. The molecule has 0 amide bonds. The molecule has 104 valence electrons. The van der Waals surface area contributed by atoms with Crippen molar-refractivity contribution < 1.29 is 9.47 Å². The zero-order valence-corrected chi connectivity index (χ0v) is 12.5. The number of aryl methyl sites for hydroxylation is 1. The molecule has 1 N–H and O–H groups in total. The van der Waals surface area contributed by atoms with Crippen LogP contribution in [-0.4, -0.2) is 33.5 Å².